The molecule has 0 fully saturated rings. The molecule has 4 N–H and O–H groups in total. The number of carbonyl (C=O) groups is 1. The number of nitrogens with two attached hydrogens (primary N) is 2. The van der Waals surface area contributed by atoms with E-state index in [1.807, 2.05) is 0 Å². The molecule has 0 aromatic heterocycles. The second kappa shape index (κ2) is 6.31. The van der Waals surface area contributed by atoms with E-state index in [2.05, 4.69) is 4.99 Å². The maximum Gasteiger partial charge on any atom is 0.280 e. The number of ether oxygens (including phenoxy) is 1. The Labute approximate surface area is 140 Å². The Hall–Kier alpha value is -3.29. The van der Waals surface area contributed by atoms with E-state index in [1.54, 1.807) is 0 Å². The number of fused-ring (bicyclic) bond motifs is 1. The summed E-state index contributed by atoms with van der Waals surface area (Å²) >= 11 is 0. The lowest BCUT2D eigenvalue weighted by Crippen LogP contribution is -2.24. The molecule has 0 spiro atoms. The number of carbonyl (C=O) groups excluding carboxylic acids is 1. The van der Waals surface area contributed by atoms with Gasteiger partial charge in [-0.1, -0.05) is 0 Å². The van der Waals surface area contributed by atoms with Crippen LogP contribution in [-0.4, -0.2) is 18.5 Å². The van der Waals surface area contributed by atoms with Crippen LogP contribution in [0.1, 0.15) is 21.5 Å². The summed E-state index contributed by atoms with van der Waals surface area (Å²) in [5.74, 6) is -4.13. The number of hydrogen-bond acceptors (Lipinski definition) is 2. The lowest BCUT2D eigenvalue weighted by molar-refractivity contribution is 0.100. The number of aliphatic imine (C=N–C) groups is 1. The number of amides is 1. The molecule has 0 radical (unpaired) electrons. The summed E-state index contributed by atoms with van der Waals surface area (Å²) < 4.78 is 46.3. The molecule has 0 unspecified atom stereocenters. The SMILES string of the molecule is NC(N)=NC(=O)c1ccc2c(c1)C(c1cc(F)c(F)cc1F)=CCO2. The van der Waals surface area contributed by atoms with Gasteiger partial charge in [-0.3, -0.25) is 4.79 Å². The van der Waals surface area contributed by atoms with Gasteiger partial charge in [0.2, 0.25) is 0 Å². The average Bonchev–Trinajstić information content (AvgIpc) is 2.56. The zero-order valence-electron chi connectivity index (χ0n) is 12.7. The van der Waals surface area contributed by atoms with Crippen LogP contribution in [0.4, 0.5) is 13.2 Å². The predicted octanol–water partition coefficient (Wildman–Crippen LogP) is 2.34. The molecule has 0 bridgehead atoms. The van der Waals surface area contributed by atoms with Crippen LogP contribution < -0.4 is 16.2 Å². The quantitative estimate of drug-likeness (QED) is 0.496. The summed E-state index contributed by atoms with van der Waals surface area (Å²) in [7, 11) is 0. The van der Waals surface area contributed by atoms with Crippen molar-refractivity contribution in [1.29, 1.82) is 0 Å². The molecule has 128 valence electrons. The molecule has 0 saturated carbocycles. The molecular formula is C17H12F3N3O2. The Bertz CT molecular complexity index is 935. The fourth-order valence-corrected chi connectivity index (χ4v) is 2.49. The van der Waals surface area contributed by atoms with E-state index < -0.39 is 29.3 Å². The molecule has 8 heteroatoms. The first-order valence-electron chi connectivity index (χ1n) is 7.13. The lowest BCUT2D eigenvalue weighted by Gasteiger charge is -2.20. The highest BCUT2D eigenvalue weighted by Crippen LogP contribution is 2.36. The normalized spacial score (nSPS) is 12.7. The maximum atomic E-state index is 14.1. The van der Waals surface area contributed by atoms with Crippen molar-refractivity contribution in [3.63, 3.8) is 0 Å². The molecule has 25 heavy (non-hydrogen) atoms. The topological polar surface area (TPSA) is 90.7 Å². The maximum absolute atomic E-state index is 14.1. The molecule has 0 aliphatic carbocycles. The summed E-state index contributed by atoms with van der Waals surface area (Å²) in [5, 5.41) is 0. The minimum absolute atomic E-state index is 0.113. The van der Waals surface area contributed by atoms with Crippen molar-refractivity contribution in [2.75, 3.05) is 6.61 Å². The van der Waals surface area contributed by atoms with Crippen LogP contribution in [0.15, 0.2) is 41.4 Å². The van der Waals surface area contributed by atoms with Gasteiger partial charge in [0, 0.05) is 22.8 Å². The van der Waals surface area contributed by atoms with Crippen LogP contribution in [0.3, 0.4) is 0 Å². The van der Waals surface area contributed by atoms with Gasteiger partial charge in [0.05, 0.1) is 0 Å². The summed E-state index contributed by atoms with van der Waals surface area (Å²) in [4.78, 5) is 15.4. The van der Waals surface area contributed by atoms with E-state index in [0.717, 1.165) is 6.07 Å². The minimum Gasteiger partial charge on any atom is -0.489 e. The Kier molecular flexibility index (Phi) is 4.18. The zero-order chi connectivity index (χ0) is 18.1. The molecule has 3 rings (SSSR count). The molecule has 1 heterocycles. The van der Waals surface area contributed by atoms with Crippen molar-refractivity contribution >= 4 is 17.4 Å². The van der Waals surface area contributed by atoms with Gasteiger partial charge < -0.3 is 16.2 Å². The Morgan fingerprint density at radius 3 is 2.44 bits per heavy atom. The molecule has 0 atom stereocenters. The van der Waals surface area contributed by atoms with Gasteiger partial charge in [-0.15, -0.1) is 0 Å². The van der Waals surface area contributed by atoms with Gasteiger partial charge in [0.1, 0.15) is 18.2 Å². The van der Waals surface area contributed by atoms with Crippen molar-refractivity contribution in [3.8, 4) is 5.75 Å². The molecule has 0 saturated heterocycles. The van der Waals surface area contributed by atoms with Crippen molar-refractivity contribution in [2.45, 2.75) is 0 Å². The summed E-state index contributed by atoms with van der Waals surface area (Å²) in [5.41, 5.74) is 11.0. The van der Waals surface area contributed by atoms with E-state index in [9.17, 15) is 18.0 Å². The van der Waals surface area contributed by atoms with E-state index in [4.69, 9.17) is 16.2 Å². The van der Waals surface area contributed by atoms with Gasteiger partial charge in [0.15, 0.2) is 17.6 Å². The summed E-state index contributed by atoms with van der Waals surface area (Å²) in [6, 6.07) is 5.56. The van der Waals surface area contributed by atoms with Gasteiger partial charge in [-0.25, -0.2) is 13.2 Å². The van der Waals surface area contributed by atoms with Crippen LogP contribution in [0.5, 0.6) is 5.75 Å². The Balaban J connectivity index is 2.12. The van der Waals surface area contributed by atoms with E-state index in [0.29, 0.717) is 17.4 Å². The third-order valence-electron chi connectivity index (χ3n) is 3.57. The molecule has 5 nitrogen and oxygen atoms in total. The lowest BCUT2D eigenvalue weighted by atomic mass is 9.93. The molecule has 1 amide bonds. The first-order valence-corrected chi connectivity index (χ1v) is 7.13. The first kappa shape index (κ1) is 16.6. The predicted molar refractivity (Wildman–Crippen MR) is 85.5 cm³/mol. The number of halogens is 3. The van der Waals surface area contributed by atoms with E-state index in [-0.39, 0.29) is 23.3 Å². The first-order chi connectivity index (χ1) is 11.9. The van der Waals surface area contributed by atoms with Gasteiger partial charge in [-0.2, -0.15) is 4.99 Å². The van der Waals surface area contributed by atoms with Crippen LogP contribution in [0.2, 0.25) is 0 Å². The summed E-state index contributed by atoms with van der Waals surface area (Å²) in [6.45, 7) is 0.113. The molecular weight excluding hydrogens is 335 g/mol. The molecule has 1 aliphatic rings. The highest BCUT2D eigenvalue weighted by atomic mass is 19.2. The highest BCUT2D eigenvalue weighted by Gasteiger charge is 2.21. The standard InChI is InChI=1S/C17H12F3N3O2/c18-12-7-14(20)13(19)6-10(12)9-3-4-25-15-2-1-8(5-11(9)15)16(24)23-17(21)22/h1-3,5-7H,4H2,(H4,21,22,23,24). The largest absolute Gasteiger partial charge is 0.489 e. The van der Waals surface area contributed by atoms with Crippen LogP contribution in [-0.2, 0) is 0 Å². The average molecular weight is 347 g/mol. The van der Waals surface area contributed by atoms with Gasteiger partial charge >= 0.3 is 0 Å². The smallest absolute Gasteiger partial charge is 0.280 e. The number of rotatable bonds is 2. The number of nitrogens with zero attached hydrogens (tertiary/aromatic N) is 1. The zero-order valence-corrected chi connectivity index (χ0v) is 12.7. The number of benzene rings is 2. The van der Waals surface area contributed by atoms with E-state index >= 15 is 0 Å². The molecule has 2 aromatic carbocycles. The summed E-state index contributed by atoms with van der Waals surface area (Å²) in [6.07, 6.45) is 1.51. The molecule has 2 aromatic rings. The van der Waals surface area contributed by atoms with Crippen LogP contribution in [0, 0.1) is 17.5 Å². The second-order valence-corrected chi connectivity index (χ2v) is 5.23. The fraction of sp³-hybridized carbons (Fsp3) is 0.0588. The third-order valence-corrected chi connectivity index (χ3v) is 3.57. The monoisotopic (exact) mass is 347 g/mol. The van der Waals surface area contributed by atoms with Gasteiger partial charge in [-0.05, 0) is 35.9 Å². The van der Waals surface area contributed by atoms with Crippen molar-refractivity contribution in [3.05, 3.63) is 70.5 Å². The van der Waals surface area contributed by atoms with Crippen molar-refractivity contribution in [1.82, 2.24) is 0 Å². The Morgan fingerprint density at radius 2 is 1.72 bits per heavy atom. The fourth-order valence-electron chi connectivity index (χ4n) is 2.49. The second-order valence-electron chi connectivity index (χ2n) is 5.23. The van der Waals surface area contributed by atoms with Crippen molar-refractivity contribution in [2.24, 2.45) is 16.5 Å². The van der Waals surface area contributed by atoms with Gasteiger partial charge in [0.25, 0.3) is 5.91 Å². The van der Waals surface area contributed by atoms with Crippen LogP contribution in [0.25, 0.3) is 5.57 Å². The Morgan fingerprint density at radius 1 is 1.00 bits per heavy atom. The number of guanidine groups is 1. The van der Waals surface area contributed by atoms with Crippen molar-refractivity contribution < 1.29 is 22.7 Å². The molecule has 1 aliphatic heterocycles. The van der Waals surface area contributed by atoms with E-state index in [1.165, 1.54) is 24.3 Å². The minimum atomic E-state index is -1.29. The number of hydrogen-bond donors (Lipinski definition) is 2. The third kappa shape index (κ3) is 3.18. The van der Waals surface area contributed by atoms with Crippen LogP contribution >= 0.6 is 0 Å². The highest BCUT2D eigenvalue weighted by molar-refractivity contribution is 6.03.